The largest absolute Gasteiger partial charge is 0.494 e. The van der Waals surface area contributed by atoms with Crippen molar-refractivity contribution in [3.63, 3.8) is 0 Å². The molecule has 0 radical (unpaired) electrons. The Morgan fingerprint density at radius 3 is 2.46 bits per heavy atom. The molecule has 13 heavy (non-hydrogen) atoms. The van der Waals surface area contributed by atoms with E-state index in [2.05, 4.69) is 5.32 Å². The molecule has 1 amide bonds. The summed E-state index contributed by atoms with van der Waals surface area (Å²) in [5.74, 6) is 0.751. The maximum atomic E-state index is 10.7. The number of carbonyl (C=O) groups is 1. The van der Waals surface area contributed by atoms with Crippen LogP contribution in [-0.2, 0) is 4.79 Å². The molecule has 0 fully saturated rings. The third kappa shape index (κ3) is 3.15. The first-order chi connectivity index (χ1) is 6.22. The fourth-order valence-electron chi connectivity index (χ4n) is 1.00. The number of carbonyl (C=O) groups excluding carboxylic acids is 1. The molecule has 3 heteroatoms. The van der Waals surface area contributed by atoms with Crippen molar-refractivity contribution in [1.82, 2.24) is 0 Å². The number of benzene rings is 1. The van der Waals surface area contributed by atoms with Crippen molar-refractivity contribution in [3.05, 3.63) is 24.3 Å². The SMILES string of the molecule is CCOc1ccc(NC([13CH3])=O)cc1. The van der Waals surface area contributed by atoms with Crippen LogP contribution in [0, 0.1) is 0 Å². The summed E-state index contributed by atoms with van der Waals surface area (Å²) < 4.78 is 5.25. The highest BCUT2D eigenvalue weighted by Crippen LogP contribution is 2.15. The standard InChI is InChI=1S/C10H13NO2/c1-3-13-10-6-4-9(5-7-10)11-8(2)12/h4-7H,3H2,1-2H3,(H,11,12)/i2+1. The van der Waals surface area contributed by atoms with Gasteiger partial charge < -0.3 is 10.1 Å². The second-order valence-electron chi connectivity index (χ2n) is 2.64. The summed E-state index contributed by atoms with van der Waals surface area (Å²) in [6, 6.07) is 7.28. The summed E-state index contributed by atoms with van der Waals surface area (Å²) in [5.41, 5.74) is 0.788. The van der Waals surface area contributed by atoms with Crippen LogP contribution < -0.4 is 10.1 Å². The van der Waals surface area contributed by atoms with Crippen molar-refractivity contribution in [1.29, 1.82) is 0 Å². The van der Waals surface area contributed by atoms with E-state index in [-0.39, 0.29) is 5.91 Å². The lowest BCUT2D eigenvalue weighted by molar-refractivity contribution is -0.114. The molecule has 0 unspecified atom stereocenters. The Kier molecular flexibility index (Phi) is 3.31. The van der Waals surface area contributed by atoms with Crippen LogP contribution >= 0.6 is 0 Å². The molecule has 0 aromatic heterocycles. The summed E-state index contributed by atoms with van der Waals surface area (Å²) in [4.78, 5) is 10.7. The van der Waals surface area contributed by atoms with Gasteiger partial charge in [-0.15, -0.1) is 0 Å². The molecule has 0 bridgehead atoms. The zero-order valence-corrected chi connectivity index (χ0v) is 7.83. The van der Waals surface area contributed by atoms with Crippen LogP contribution in [0.25, 0.3) is 0 Å². The normalized spacial score (nSPS) is 9.38. The summed E-state index contributed by atoms with van der Waals surface area (Å²) in [6.07, 6.45) is 0. The molecule has 0 saturated heterocycles. The Bertz CT molecular complexity index is 279. The van der Waals surface area contributed by atoms with Crippen molar-refractivity contribution < 1.29 is 9.53 Å². The van der Waals surface area contributed by atoms with Gasteiger partial charge in [-0.3, -0.25) is 4.79 Å². The Hall–Kier alpha value is -1.51. The van der Waals surface area contributed by atoms with Crippen molar-refractivity contribution in [2.24, 2.45) is 0 Å². The highest BCUT2D eigenvalue weighted by atomic mass is 16.5. The van der Waals surface area contributed by atoms with Crippen LogP contribution in [0.5, 0.6) is 5.75 Å². The van der Waals surface area contributed by atoms with E-state index in [0.717, 1.165) is 11.4 Å². The molecule has 0 aliphatic heterocycles. The van der Waals surface area contributed by atoms with Crippen LogP contribution in [0.2, 0.25) is 0 Å². The van der Waals surface area contributed by atoms with E-state index < -0.39 is 0 Å². The van der Waals surface area contributed by atoms with E-state index >= 15 is 0 Å². The zero-order chi connectivity index (χ0) is 9.68. The molecule has 0 aliphatic rings. The lowest BCUT2D eigenvalue weighted by Crippen LogP contribution is -2.05. The van der Waals surface area contributed by atoms with Crippen molar-refractivity contribution in [2.75, 3.05) is 11.9 Å². The van der Waals surface area contributed by atoms with Gasteiger partial charge >= 0.3 is 0 Å². The Labute approximate surface area is 77.7 Å². The molecular weight excluding hydrogens is 167 g/mol. The minimum Gasteiger partial charge on any atom is -0.494 e. The summed E-state index contributed by atoms with van der Waals surface area (Å²) in [7, 11) is 0. The highest BCUT2D eigenvalue weighted by Gasteiger charge is 1.95. The van der Waals surface area contributed by atoms with Crippen LogP contribution in [0.15, 0.2) is 24.3 Å². The summed E-state index contributed by atoms with van der Waals surface area (Å²) >= 11 is 0. The monoisotopic (exact) mass is 180 g/mol. The number of nitrogens with one attached hydrogen (secondary N) is 1. The number of amides is 1. The maximum Gasteiger partial charge on any atom is 0.221 e. The molecule has 3 nitrogen and oxygen atoms in total. The smallest absolute Gasteiger partial charge is 0.221 e. The van der Waals surface area contributed by atoms with Gasteiger partial charge in [-0.25, -0.2) is 0 Å². The fourth-order valence-corrected chi connectivity index (χ4v) is 1.00. The highest BCUT2D eigenvalue weighted by molar-refractivity contribution is 5.88. The molecule has 0 spiro atoms. The predicted molar refractivity (Wildman–Crippen MR) is 51.9 cm³/mol. The fraction of sp³-hybridized carbons (Fsp3) is 0.300. The Morgan fingerprint density at radius 2 is 2.00 bits per heavy atom. The minimum absolute atomic E-state index is 0.0656. The zero-order valence-electron chi connectivity index (χ0n) is 7.83. The van der Waals surface area contributed by atoms with Crippen molar-refractivity contribution in [3.8, 4) is 5.75 Å². The third-order valence-corrected chi connectivity index (χ3v) is 1.49. The topological polar surface area (TPSA) is 38.3 Å². The number of rotatable bonds is 3. The maximum absolute atomic E-state index is 10.7. The number of anilines is 1. The molecule has 0 heterocycles. The van der Waals surface area contributed by atoms with E-state index in [1.807, 2.05) is 31.2 Å². The molecule has 1 N–H and O–H groups in total. The van der Waals surface area contributed by atoms with Gasteiger partial charge in [0, 0.05) is 12.6 Å². The minimum atomic E-state index is -0.0656. The van der Waals surface area contributed by atoms with Crippen LogP contribution in [0.4, 0.5) is 5.69 Å². The average Bonchev–Trinajstić information content (AvgIpc) is 2.08. The first-order valence-electron chi connectivity index (χ1n) is 4.23. The van der Waals surface area contributed by atoms with Gasteiger partial charge in [-0.05, 0) is 31.2 Å². The number of hydrogen-bond donors (Lipinski definition) is 1. The van der Waals surface area contributed by atoms with Crippen LogP contribution in [0.1, 0.15) is 13.8 Å². The summed E-state index contributed by atoms with van der Waals surface area (Å²) in [6.45, 7) is 4.07. The lowest BCUT2D eigenvalue weighted by atomic mass is 10.3. The average molecular weight is 180 g/mol. The first-order valence-corrected chi connectivity index (χ1v) is 4.23. The second-order valence-corrected chi connectivity index (χ2v) is 2.64. The molecule has 1 aromatic rings. The van der Waals surface area contributed by atoms with Gasteiger partial charge in [0.05, 0.1) is 6.61 Å². The van der Waals surface area contributed by atoms with Crippen molar-refractivity contribution in [2.45, 2.75) is 13.8 Å². The molecule has 0 saturated carbocycles. The van der Waals surface area contributed by atoms with Crippen molar-refractivity contribution >= 4 is 11.6 Å². The summed E-state index contributed by atoms with van der Waals surface area (Å²) in [5, 5.41) is 2.68. The molecular formula is C10H13NO2. The number of ether oxygens (including phenoxy) is 1. The lowest BCUT2D eigenvalue weighted by Gasteiger charge is -2.04. The second kappa shape index (κ2) is 4.50. The van der Waals surface area contributed by atoms with Gasteiger partial charge in [0.25, 0.3) is 0 Å². The van der Waals surface area contributed by atoms with Crippen LogP contribution in [-0.4, -0.2) is 12.5 Å². The molecule has 0 aliphatic carbocycles. The molecule has 0 atom stereocenters. The van der Waals surface area contributed by atoms with Gasteiger partial charge in [0.15, 0.2) is 0 Å². The third-order valence-electron chi connectivity index (χ3n) is 1.49. The first kappa shape index (κ1) is 9.58. The molecule has 1 rings (SSSR count). The molecule has 1 aromatic carbocycles. The molecule has 70 valence electrons. The predicted octanol–water partition coefficient (Wildman–Crippen LogP) is 2.04. The van der Waals surface area contributed by atoms with Gasteiger partial charge in [0.2, 0.25) is 5.91 Å². The van der Waals surface area contributed by atoms with Crippen LogP contribution in [0.3, 0.4) is 0 Å². The van der Waals surface area contributed by atoms with E-state index in [1.165, 1.54) is 6.92 Å². The van der Waals surface area contributed by atoms with Gasteiger partial charge in [0.1, 0.15) is 5.75 Å². The van der Waals surface area contributed by atoms with Gasteiger partial charge in [-0.2, -0.15) is 0 Å². The van der Waals surface area contributed by atoms with E-state index in [0.29, 0.717) is 6.61 Å². The van der Waals surface area contributed by atoms with E-state index in [9.17, 15) is 4.79 Å². The quantitative estimate of drug-likeness (QED) is 0.723. The van der Waals surface area contributed by atoms with E-state index in [4.69, 9.17) is 4.74 Å². The van der Waals surface area contributed by atoms with Gasteiger partial charge in [-0.1, -0.05) is 0 Å². The number of hydrogen-bond acceptors (Lipinski definition) is 2. The Morgan fingerprint density at radius 1 is 1.38 bits per heavy atom. The van der Waals surface area contributed by atoms with E-state index in [1.54, 1.807) is 0 Å². The Balaban J connectivity index is 2.64.